The van der Waals surface area contributed by atoms with Crippen LogP contribution in [0.3, 0.4) is 0 Å². The van der Waals surface area contributed by atoms with Gasteiger partial charge in [-0.2, -0.15) is 0 Å². The summed E-state index contributed by atoms with van der Waals surface area (Å²) in [6, 6.07) is 10.4. The summed E-state index contributed by atoms with van der Waals surface area (Å²) in [6.45, 7) is 9.15. The Hall–Kier alpha value is -1.94. The van der Waals surface area contributed by atoms with Gasteiger partial charge in [0.2, 0.25) is 0 Å². The Balaban J connectivity index is 1.93. The molecule has 4 heteroatoms. The molecule has 1 aromatic carbocycles. The number of nitrogens with zero attached hydrogens (tertiary/aromatic N) is 2. The van der Waals surface area contributed by atoms with Crippen LogP contribution < -0.4 is 5.56 Å². The normalized spacial score (nSPS) is 12.0. The Labute approximate surface area is 134 Å². The van der Waals surface area contributed by atoms with Gasteiger partial charge in [0.15, 0.2) is 0 Å². The molecule has 0 spiro atoms. The molecule has 2 aromatic heterocycles. The zero-order chi connectivity index (χ0) is 15.9. The number of benzene rings is 1. The predicted octanol–water partition coefficient (Wildman–Crippen LogP) is 4.11. The third kappa shape index (κ3) is 2.83. The number of aryl methyl sites for hydroxylation is 1. The van der Waals surface area contributed by atoms with Crippen LogP contribution in [0.5, 0.6) is 0 Å². The lowest BCUT2D eigenvalue weighted by Crippen LogP contribution is -2.20. The molecule has 0 aliphatic heterocycles. The van der Waals surface area contributed by atoms with Crippen LogP contribution in [0.2, 0.25) is 0 Å². The standard InChI is InChI=1S/C18H20N2OS/c1-12-9-15-16(22-12)19-11-20(17(15)21)10-13-5-7-14(8-6-13)18(2,3)4/h5-9,11H,10H2,1-4H3. The van der Waals surface area contributed by atoms with E-state index in [-0.39, 0.29) is 11.0 Å². The summed E-state index contributed by atoms with van der Waals surface area (Å²) >= 11 is 1.56. The number of rotatable bonds is 2. The van der Waals surface area contributed by atoms with Crippen molar-refractivity contribution in [1.82, 2.24) is 9.55 Å². The zero-order valence-electron chi connectivity index (χ0n) is 13.4. The molecule has 0 atom stereocenters. The predicted molar refractivity (Wildman–Crippen MR) is 92.9 cm³/mol. The van der Waals surface area contributed by atoms with Crippen LogP contribution >= 0.6 is 11.3 Å². The highest BCUT2D eigenvalue weighted by Gasteiger charge is 2.13. The largest absolute Gasteiger partial charge is 0.294 e. The second-order valence-corrected chi connectivity index (χ2v) is 7.94. The van der Waals surface area contributed by atoms with Crippen molar-refractivity contribution in [3.63, 3.8) is 0 Å². The monoisotopic (exact) mass is 312 g/mol. The van der Waals surface area contributed by atoms with Crippen LogP contribution in [0.15, 0.2) is 41.5 Å². The van der Waals surface area contributed by atoms with E-state index >= 15 is 0 Å². The molecule has 22 heavy (non-hydrogen) atoms. The van der Waals surface area contributed by atoms with E-state index < -0.39 is 0 Å². The summed E-state index contributed by atoms with van der Waals surface area (Å²) in [4.78, 5) is 18.8. The van der Waals surface area contributed by atoms with Gasteiger partial charge in [-0.3, -0.25) is 9.36 Å². The maximum Gasteiger partial charge on any atom is 0.262 e. The van der Waals surface area contributed by atoms with E-state index in [1.165, 1.54) is 5.56 Å². The lowest BCUT2D eigenvalue weighted by atomic mass is 9.87. The van der Waals surface area contributed by atoms with Crippen molar-refractivity contribution >= 4 is 21.6 Å². The summed E-state index contributed by atoms with van der Waals surface area (Å²) in [7, 11) is 0. The molecule has 0 radical (unpaired) electrons. The number of thiophene rings is 1. The van der Waals surface area contributed by atoms with E-state index in [4.69, 9.17) is 0 Å². The fraction of sp³-hybridized carbons (Fsp3) is 0.333. The molecular formula is C18H20N2OS. The number of hydrogen-bond donors (Lipinski definition) is 0. The van der Waals surface area contributed by atoms with E-state index in [0.29, 0.717) is 6.54 Å². The van der Waals surface area contributed by atoms with Crippen LogP contribution in [0.4, 0.5) is 0 Å². The first-order valence-corrected chi connectivity index (χ1v) is 8.21. The topological polar surface area (TPSA) is 34.9 Å². The van der Waals surface area contributed by atoms with Crippen LogP contribution in [-0.2, 0) is 12.0 Å². The zero-order valence-corrected chi connectivity index (χ0v) is 14.2. The number of aromatic nitrogens is 2. The van der Waals surface area contributed by atoms with E-state index in [0.717, 1.165) is 20.7 Å². The van der Waals surface area contributed by atoms with Crippen LogP contribution in [0.1, 0.15) is 36.8 Å². The third-order valence-corrected chi connectivity index (χ3v) is 4.77. The summed E-state index contributed by atoms with van der Waals surface area (Å²) in [5.74, 6) is 0. The van der Waals surface area contributed by atoms with Crippen molar-refractivity contribution in [2.75, 3.05) is 0 Å². The highest BCUT2D eigenvalue weighted by Crippen LogP contribution is 2.22. The molecule has 3 rings (SSSR count). The fourth-order valence-electron chi connectivity index (χ4n) is 2.50. The van der Waals surface area contributed by atoms with Crippen molar-refractivity contribution in [1.29, 1.82) is 0 Å². The van der Waals surface area contributed by atoms with Gasteiger partial charge in [-0.1, -0.05) is 45.0 Å². The van der Waals surface area contributed by atoms with Crippen molar-refractivity contribution in [3.8, 4) is 0 Å². The number of hydrogen-bond acceptors (Lipinski definition) is 3. The molecule has 3 nitrogen and oxygen atoms in total. The Morgan fingerprint density at radius 1 is 1.18 bits per heavy atom. The Bertz CT molecular complexity index is 867. The highest BCUT2D eigenvalue weighted by atomic mass is 32.1. The van der Waals surface area contributed by atoms with E-state index in [2.05, 4.69) is 50.0 Å². The van der Waals surface area contributed by atoms with Crippen molar-refractivity contribution < 1.29 is 0 Å². The first-order chi connectivity index (χ1) is 10.3. The maximum atomic E-state index is 12.5. The van der Waals surface area contributed by atoms with Gasteiger partial charge in [-0.05, 0) is 29.5 Å². The summed E-state index contributed by atoms with van der Waals surface area (Å²) in [6.07, 6.45) is 1.65. The van der Waals surface area contributed by atoms with Crippen molar-refractivity contribution in [2.45, 2.75) is 39.7 Å². The quantitative estimate of drug-likeness (QED) is 0.713. The molecule has 0 aliphatic carbocycles. The Morgan fingerprint density at radius 2 is 1.86 bits per heavy atom. The van der Waals surface area contributed by atoms with Crippen molar-refractivity contribution in [2.24, 2.45) is 0 Å². The molecule has 0 fully saturated rings. The average Bonchev–Trinajstić information content (AvgIpc) is 2.83. The minimum absolute atomic E-state index is 0.0363. The minimum atomic E-state index is 0.0363. The van der Waals surface area contributed by atoms with Crippen LogP contribution in [0.25, 0.3) is 10.2 Å². The van der Waals surface area contributed by atoms with Gasteiger partial charge in [0.1, 0.15) is 4.83 Å². The summed E-state index contributed by atoms with van der Waals surface area (Å²) in [5, 5.41) is 0.719. The van der Waals surface area contributed by atoms with Gasteiger partial charge in [-0.25, -0.2) is 4.98 Å². The maximum absolute atomic E-state index is 12.5. The average molecular weight is 312 g/mol. The second kappa shape index (κ2) is 5.36. The molecular weight excluding hydrogens is 292 g/mol. The fourth-order valence-corrected chi connectivity index (χ4v) is 3.34. The highest BCUT2D eigenvalue weighted by molar-refractivity contribution is 7.18. The lowest BCUT2D eigenvalue weighted by molar-refractivity contribution is 0.589. The van der Waals surface area contributed by atoms with Gasteiger partial charge in [0.25, 0.3) is 5.56 Å². The molecule has 0 unspecified atom stereocenters. The van der Waals surface area contributed by atoms with E-state index in [1.807, 2.05) is 13.0 Å². The molecule has 0 N–H and O–H groups in total. The minimum Gasteiger partial charge on any atom is -0.294 e. The Kier molecular flexibility index (Phi) is 3.65. The van der Waals surface area contributed by atoms with Crippen LogP contribution in [-0.4, -0.2) is 9.55 Å². The van der Waals surface area contributed by atoms with Gasteiger partial charge in [0.05, 0.1) is 18.3 Å². The van der Waals surface area contributed by atoms with Crippen molar-refractivity contribution in [3.05, 3.63) is 63.0 Å². The van der Waals surface area contributed by atoms with Crippen LogP contribution in [0, 0.1) is 6.92 Å². The molecule has 114 valence electrons. The molecule has 3 aromatic rings. The second-order valence-electron chi connectivity index (χ2n) is 6.70. The smallest absolute Gasteiger partial charge is 0.262 e. The molecule has 0 saturated carbocycles. The van der Waals surface area contributed by atoms with E-state index in [9.17, 15) is 4.79 Å². The molecule has 0 amide bonds. The number of fused-ring (bicyclic) bond motifs is 1. The van der Waals surface area contributed by atoms with Gasteiger partial charge >= 0.3 is 0 Å². The SMILES string of the molecule is Cc1cc2c(=O)n(Cc3ccc(C(C)(C)C)cc3)cnc2s1. The molecule has 0 aliphatic rings. The van der Waals surface area contributed by atoms with Gasteiger partial charge in [0, 0.05) is 4.88 Å². The van der Waals surface area contributed by atoms with Gasteiger partial charge < -0.3 is 0 Å². The Morgan fingerprint density at radius 3 is 2.50 bits per heavy atom. The third-order valence-electron chi connectivity index (χ3n) is 3.81. The molecule has 0 bridgehead atoms. The van der Waals surface area contributed by atoms with Gasteiger partial charge in [-0.15, -0.1) is 11.3 Å². The first-order valence-electron chi connectivity index (χ1n) is 7.39. The lowest BCUT2D eigenvalue weighted by Gasteiger charge is -2.19. The first kappa shape index (κ1) is 15.0. The summed E-state index contributed by atoms with van der Waals surface area (Å²) < 4.78 is 1.68. The van der Waals surface area contributed by atoms with E-state index in [1.54, 1.807) is 22.2 Å². The summed E-state index contributed by atoms with van der Waals surface area (Å²) in [5.41, 5.74) is 2.59. The molecule has 2 heterocycles. The molecule has 0 saturated heterocycles.